The van der Waals surface area contributed by atoms with Gasteiger partial charge >= 0.3 is 0 Å². The first-order valence-corrected chi connectivity index (χ1v) is 5.69. The van der Waals surface area contributed by atoms with Crippen LogP contribution in [0.2, 0.25) is 5.02 Å². The first-order chi connectivity index (χ1) is 8.34. The maximum atomic E-state index is 5.89. The molecule has 82 valence electrons. The Hall–Kier alpha value is -1.93. The molecule has 0 amide bonds. The molecule has 0 aliphatic rings. The van der Waals surface area contributed by atoms with Gasteiger partial charge in [-0.05, 0) is 23.8 Å². The van der Waals surface area contributed by atoms with Crippen LogP contribution in [0, 0.1) is 0 Å². The number of halogens is 1. The molecule has 3 heteroatoms. The molecule has 0 spiro atoms. The van der Waals surface area contributed by atoms with Crippen LogP contribution in [-0.4, -0.2) is 10.2 Å². The van der Waals surface area contributed by atoms with Crippen molar-refractivity contribution in [2.75, 3.05) is 0 Å². The molecule has 0 bridgehead atoms. The lowest BCUT2D eigenvalue weighted by molar-refractivity contribution is 1.08. The van der Waals surface area contributed by atoms with E-state index < -0.39 is 0 Å². The van der Waals surface area contributed by atoms with Crippen LogP contribution in [-0.2, 0) is 0 Å². The van der Waals surface area contributed by atoms with E-state index in [0.717, 1.165) is 27.1 Å². The standard InChI is InChI=1S/C14H9ClN2/c15-11-7-5-10(6-8-11)13-9-16-17-14-4-2-1-3-12(13)14/h1-9H. The molecule has 0 radical (unpaired) electrons. The van der Waals surface area contributed by atoms with Crippen molar-refractivity contribution < 1.29 is 0 Å². The average molecular weight is 241 g/mol. The van der Waals surface area contributed by atoms with Crippen molar-refractivity contribution in [3.8, 4) is 11.1 Å². The second-order valence-electron chi connectivity index (χ2n) is 3.78. The Kier molecular flexibility index (Phi) is 2.50. The van der Waals surface area contributed by atoms with Gasteiger partial charge in [-0.2, -0.15) is 10.2 Å². The van der Waals surface area contributed by atoms with Crippen LogP contribution in [0.4, 0.5) is 0 Å². The lowest BCUT2D eigenvalue weighted by atomic mass is 10.0. The van der Waals surface area contributed by atoms with Crippen molar-refractivity contribution in [2.24, 2.45) is 0 Å². The summed E-state index contributed by atoms with van der Waals surface area (Å²) in [6.45, 7) is 0. The molecule has 3 aromatic rings. The van der Waals surface area contributed by atoms with Crippen molar-refractivity contribution in [1.29, 1.82) is 0 Å². The fraction of sp³-hybridized carbons (Fsp3) is 0. The maximum absolute atomic E-state index is 5.89. The molecule has 2 aromatic carbocycles. The summed E-state index contributed by atoms with van der Waals surface area (Å²) in [6, 6.07) is 15.7. The van der Waals surface area contributed by atoms with E-state index in [9.17, 15) is 0 Å². The summed E-state index contributed by atoms with van der Waals surface area (Å²) >= 11 is 5.89. The Bertz CT molecular complexity index is 657. The fourth-order valence-electron chi connectivity index (χ4n) is 1.87. The highest BCUT2D eigenvalue weighted by molar-refractivity contribution is 6.30. The largest absolute Gasteiger partial charge is 0.158 e. The van der Waals surface area contributed by atoms with Gasteiger partial charge in [0.1, 0.15) is 0 Å². The second kappa shape index (κ2) is 4.15. The average Bonchev–Trinajstić information content (AvgIpc) is 2.39. The zero-order valence-corrected chi connectivity index (χ0v) is 9.72. The second-order valence-corrected chi connectivity index (χ2v) is 4.22. The fourth-order valence-corrected chi connectivity index (χ4v) is 1.99. The summed E-state index contributed by atoms with van der Waals surface area (Å²) in [5.74, 6) is 0. The minimum atomic E-state index is 0.736. The third-order valence-corrected chi connectivity index (χ3v) is 2.95. The number of rotatable bonds is 1. The topological polar surface area (TPSA) is 25.8 Å². The van der Waals surface area contributed by atoms with E-state index in [4.69, 9.17) is 11.6 Å². The summed E-state index contributed by atoms with van der Waals surface area (Å²) in [5.41, 5.74) is 3.08. The number of hydrogen-bond donors (Lipinski definition) is 0. The number of fused-ring (bicyclic) bond motifs is 1. The Morgan fingerprint density at radius 2 is 1.65 bits per heavy atom. The molecular formula is C14H9ClN2. The number of nitrogens with zero attached hydrogens (tertiary/aromatic N) is 2. The monoisotopic (exact) mass is 240 g/mol. The molecule has 0 fully saturated rings. The molecule has 0 saturated heterocycles. The smallest absolute Gasteiger partial charge is 0.0935 e. The molecule has 2 nitrogen and oxygen atoms in total. The predicted molar refractivity (Wildman–Crippen MR) is 70.0 cm³/mol. The first kappa shape index (κ1) is 10.2. The predicted octanol–water partition coefficient (Wildman–Crippen LogP) is 3.95. The maximum Gasteiger partial charge on any atom is 0.0935 e. The molecule has 0 saturated carbocycles. The van der Waals surface area contributed by atoms with E-state index in [1.807, 2.05) is 48.5 Å². The van der Waals surface area contributed by atoms with Crippen LogP contribution >= 0.6 is 11.6 Å². The van der Waals surface area contributed by atoms with Crippen LogP contribution in [0.5, 0.6) is 0 Å². The SMILES string of the molecule is Clc1ccc(-c2cnnc3ccccc23)cc1. The van der Waals surface area contributed by atoms with Crippen molar-refractivity contribution in [3.05, 3.63) is 59.8 Å². The number of hydrogen-bond acceptors (Lipinski definition) is 2. The first-order valence-electron chi connectivity index (χ1n) is 5.31. The van der Waals surface area contributed by atoms with Gasteiger partial charge in [0.15, 0.2) is 0 Å². The van der Waals surface area contributed by atoms with Crippen molar-refractivity contribution in [2.45, 2.75) is 0 Å². The van der Waals surface area contributed by atoms with Crippen molar-refractivity contribution >= 4 is 22.5 Å². The van der Waals surface area contributed by atoms with Crippen LogP contribution in [0.1, 0.15) is 0 Å². The molecule has 0 aliphatic heterocycles. The quantitative estimate of drug-likeness (QED) is 0.644. The molecular weight excluding hydrogens is 232 g/mol. The molecule has 0 aliphatic carbocycles. The van der Waals surface area contributed by atoms with Crippen molar-refractivity contribution in [3.63, 3.8) is 0 Å². The summed E-state index contributed by atoms with van der Waals surface area (Å²) < 4.78 is 0. The van der Waals surface area contributed by atoms with Crippen LogP contribution in [0.25, 0.3) is 22.0 Å². The lowest BCUT2D eigenvalue weighted by Gasteiger charge is -2.04. The Morgan fingerprint density at radius 1 is 0.882 bits per heavy atom. The minimum Gasteiger partial charge on any atom is -0.158 e. The Labute approximate surface area is 104 Å². The Balaban J connectivity index is 2.27. The summed E-state index contributed by atoms with van der Waals surface area (Å²) in [6.07, 6.45) is 1.78. The highest BCUT2D eigenvalue weighted by Gasteiger charge is 2.04. The van der Waals surface area contributed by atoms with E-state index >= 15 is 0 Å². The Morgan fingerprint density at radius 3 is 2.47 bits per heavy atom. The zero-order valence-electron chi connectivity index (χ0n) is 8.97. The normalized spacial score (nSPS) is 10.6. The van der Waals surface area contributed by atoms with Gasteiger partial charge in [0.2, 0.25) is 0 Å². The van der Waals surface area contributed by atoms with Crippen molar-refractivity contribution in [1.82, 2.24) is 10.2 Å². The summed E-state index contributed by atoms with van der Waals surface area (Å²) in [5, 5.41) is 9.98. The van der Waals surface area contributed by atoms with Gasteiger partial charge in [0.05, 0.1) is 11.7 Å². The van der Waals surface area contributed by atoms with Gasteiger partial charge in [-0.15, -0.1) is 0 Å². The van der Waals surface area contributed by atoms with Crippen LogP contribution in [0.15, 0.2) is 54.7 Å². The summed E-state index contributed by atoms with van der Waals surface area (Å²) in [4.78, 5) is 0. The lowest BCUT2D eigenvalue weighted by Crippen LogP contribution is -1.87. The van der Waals surface area contributed by atoms with E-state index in [-0.39, 0.29) is 0 Å². The number of benzene rings is 2. The molecule has 17 heavy (non-hydrogen) atoms. The van der Waals surface area contributed by atoms with E-state index in [1.165, 1.54) is 0 Å². The molecule has 3 rings (SSSR count). The molecule has 1 heterocycles. The van der Waals surface area contributed by atoms with Gasteiger partial charge < -0.3 is 0 Å². The van der Waals surface area contributed by atoms with E-state index in [1.54, 1.807) is 6.20 Å². The molecule has 0 unspecified atom stereocenters. The number of aromatic nitrogens is 2. The van der Waals surface area contributed by atoms with Gasteiger partial charge in [-0.1, -0.05) is 41.9 Å². The molecule has 1 aromatic heterocycles. The zero-order chi connectivity index (χ0) is 11.7. The summed E-state index contributed by atoms with van der Waals surface area (Å²) in [7, 11) is 0. The molecule has 0 N–H and O–H groups in total. The third kappa shape index (κ3) is 1.87. The van der Waals surface area contributed by atoms with Crippen LogP contribution in [0.3, 0.4) is 0 Å². The van der Waals surface area contributed by atoms with Gasteiger partial charge in [-0.25, -0.2) is 0 Å². The van der Waals surface area contributed by atoms with Gasteiger partial charge in [-0.3, -0.25) is 0 Å². The van der Waals surface area contributed by atoms with E-state index in [2.05, 4.69) is 10.2 Å². The highest BCUT2D eigenvalue weighted by Crippen LogP contribution is 2.27. The van der Waals surface area contributed by atoms with Gasteiger partial charge in [0, 0.05) is 16.0 Å². The highest BCUT2D eigenvalue weighted by atomic mass is 35.5. The molecule has 0 atom stereocenters. The van der Waals surface area contributed by atoms with Crippen LogP contribution < -0.4 is 0 Å². The van der Waals surface area contributed by atoms with Gasteiger partial charge in [0.25, 0.3) is 0 Å². The van der Waals surface area contributed by atoms with E-state index in [0.29, 0.717) is 0 Å². The minimum absolute atomic E-state index is 0.736. The third-order valence-electron chi connectivity index (χ3n) is 2.70.